The molecule has 1 saturated carbocycles. The molecule has 0 radical (unpaired) electrons. The number of nitrogens with one attached hydrogen (secondary N) is 1. The van der Waals surface area contributed by atoms with Gasteiger partial charge in [0.25, 0.3) is 5.91 Å². The van der Waals surface area contributed by atoms with Crippen molar-refractivity contribution >= 4 is 46.6 Å². The molecule has 0 spiro atoms. The zero-order valence-electron chi connectivity index (χ0n) is 18.2. The van der Waals surface area contributed by atoms with E-state index in [2.05, 4.69) is 5.32 Å². The highest BCUT2D eigenvalue weighted by Gasteiger charge is 2.29. The van der Waals surface area contributed by atoms with E-state index in [9.17, 15) is 9.59 Å². The number of rotatable bonds is 8. The molecule has 2 aromatic rings. The summed E-state index contributed by atoms with van der Waals surface area (Å²) in [6, 6.07) is 9.76. The summed E-state index contributed by atoms with van der Waals surface area (Å²) < 4.78 is 5.70. The fourth-order valence-corrected chi connectivity index (χ4v) is 4.33. The van der Waals surface area contributed by atoms with E-state index in [1.165, 1.54) is 4.90 Å². The summed E-state index contributed by atoms with van der Waals surface area (Å²) in [5.41, 5.74) is 1.55. The normalized spacial score (nSPS) is 14.8. The summed E-state index contributed by atoms with van der Waals surface area (Å²) in [6.45, 7) is 3.53. The minimum atomic E-state index is -0.689. The van der Waals surface area contributed by atoms with Gasteiger partial charge in [-0.15, -0.1) is 0 Å². The Balaban J connectivity index is 1.75. The predicted molar refractivity (Wildman–Crippen MR) is 129 cm³/mol. The van der Waals surface area contributed by atoms with Crippen LogP contribution in [0.1, 0.15) is 43.7 Å². The van der Waals surface area contributed by atoms with Crippen molar-refractivity contribution in [3.05, 3.63) is 62.6 Å². The number of carbonyl (C=O) groups excluding carboxylic acids is 2. The van der Waals surface area contributed by atoms with E-state index in [1.54, 1.807) is 43.3 Å². The SMILES string of the molecule is Cc1cc(OCC(=O)N(Cc2ccc(Cl)cc2Cl)C(C)C(=O)NC2CCCC2)ccc1Cl. The van der Waals surface area contributed by atoms with E-state index in [0.29, 0.717) is 26.4 Å². The lowest BCUT2D eigenvalue weighted by molar-refractivity contribution is -0.142. The monoisotopic (exact) mass is 496 g/mol. The average Bonchev–Trinajstić information content (AvgIpc) is 3.26. The highest BCUT2D eigenvalue weighted by Crippen LogP contribution is 2.25. The quantitative estimate of drug-likeness (QED) is 0.501. The van der Waals surface area contributed by atoms with Crippen LogP contribution in [0.4, 0.5) is 0 Å². The van der Waals surface area contributed by atoms with Crippen molar-refractivity contribution in [3.63, 3.8) is 0 Å². The number of halogens is 3. The average molecular weight is 498 g/mol. The third-order valence-corrected chi connectivity index (χ3v) is 6.73. The van der Waals surface area contributed by atoms with Gasteiger partial charge in [-0.05, 0) is 68.1 Å². The Labute approximate surface area is 204 Å². The zero-order chi connectivity index (χ0) is 23.3. The lowest BCUT2D eigenvalue weighted by atomic mass is 10.1. The van der Waals surface area contributed by atoms with Gasteiger partial charge >= 0.3 is 0 Å². The van der Waals surface area contributed by atoms with Gasteiger partial charge < -0.3 is 15.0 Å². The molecule has 1 atom stereocenters. The Morgan fingerprint density at radius 1 is 1.09 bits per heavy atom. The van der Waals surface area contributed by atoms with Gasteiger partial charge in [0, 0.05) is 27.7 Å². The molecule has 1 aliphatic rings. The number of amides is 2. The molecule has 0 aromatic heterocycles. The van der Waals surface area contributed by atoms with Gasteiger partial charge in [0.2, 0.25) is 5.91 Å². The van der Waals surface area contributed by atoms with Crippen LogP contribution in [-0.4, -0.2) is 35.4 Å². The molecule has 2 aromatic carbocycles. The second-order valence-electron chi connectivity index (χ2n) is 8.12. The number of aryl methyl sites for hydroxylation is 1. The van der Waals surface area contributed by atoms with E-state index in [-0.39, 0.29) is 31.0 Å². The Morgan fingerprint density at radius 2 is 1.81 bits per heavy atom. The van der Waals surface area contributed by atoms with Crippen molar-refractivity contribution in [3.8, 4) is 5.75 Å². The van der Waals surface area contributed by atoms with Crippen LogP contribution in [0.15, 0.2) is 36.4 Å². The van der Waals surface area contributed by atoms with Crippen LogP contribution in [0.3, 0.4) is 0 Å². The zero-order valence-corrected chi connectivity index (χ0v) is 20.4. The van der Waals surface area contributed by atoms with Crippen molar-refractivity contribution in [1.29, 1.82) is 0 Å². The molecule has 8 heteroatoms. The largest absolute Gasteiger partial charge is 0.484 e. The van der Waals surface area contributed by atoms with Crippen LogP contribution >= 0.6 is 34.8 Å². The van der Waals surface area contributed by atoms with Crippen LogP contribution in [0.25, 0.3) is 0 Å². The third-order valence-electron chi connectivity index (χ3n) is 5.72. The standard InChI is InChI=1S/C24H27Cl3N2O3/c1-15-11-20(9-10-21(15)26)32-14-23(30)29(13-17-7-8-18(25)12-22(17)27)16(2)24(31)28-19-5-3-4-6-19/h7-12,16,19H,3-6,13-14H2,1-2H3,(H,28,31). The van der Waals surface area contributed by atoms with Gasteiger partial charge in [0.15, 0.2) is 6.61 Å². The topological polar surface area (TPSA) is 58.6 Å². The van der Waals surface area contributed by atoms with Gasteiger partial charge in [-0.2, -0.15) is 0 Å². The second kappa shape index (κ2) is 11.3. The van der Waals surface area contributed by atoms with Crippen LogP contribution in [-0.2, 0) is 16.1 Å². The van der Waals surface area contributed by atoms with Gasteiger partial charge in [0.05, 0.1) is 0 Å². The van der Waals surface area contributed by atoms with Crippen LogP contribution in [0.5, 0.6) is 5.75 Å². The fraction of sp³-hybridized carbons (Fsp3) is 0.417. The predicted octanol–water partition coefficient (Wildman–Crippen LogP) is 5.81. The Hall–Kier alpha value is -1.95. The molecule has 1 aliphatic carbocycles. The lowest BCUT2D eigenvalue weighted by Gasteiger charge is -2.30. The fourth-order valence-electron chi connectivity index (χ4n) is 3.74. The third kappa shape index (κ3) is 6.53. The maximum Gasteiger partial charge on any atom is 0.261 e. The first-order valence-electron chi connectivity index (χ1n) is 10.7. The van der Waals surface area contributed by atoms with Crippen LogP contribution < -0.4 is 10.1 Å². The van der Waals surface area contributed by atoms with Crippen molar-refractivity contribution in [2.24, 2.45) is 0 Å². The number of benzene rings is 2. The summed E-state index contributed by atoms with van der Waals surface area (Å²) in [7, 11) is 0. The number of nitrogens with zero attached hydrogens (tertiary/aromatic N) is 1. The highest BCUT2D eigenvalue weighted by molar-refractivity contribution is 6.35. The first-order valence-corrected chi connectivity index (χ1v) is 11.8. The van der Waals surface area contributed by atoms with E-state index < -0.39 is 6.04 Å². The molecule has 5 nitrogen and oxygen atoms in total. The molecular formula is C24H27Cl3N2O3. The van der Waals surface area contributed by atoms with Crippen molar-refractivity contribution < 1.29 is 14.3 Å². The smallest absolute Gasteiger partial charge is 0.261 e. The second-order valence-corrected chi connectivity index (χ2v) is 9.37. The molecule has 1 N–H and O–H groups in total. The van der Waals surface area contributed by atoms with Gasteiger partial charge in [-0.25, -0.2) is 0 Å². The van der Waals surface area contributed by atoms with Crippen molar-refractivity contribution in [1.82, 2.24) is 10.2 Å². The first kappa shape index (κ1) is 24.7. The summed E-state index contributed by atoms with van der Waals surface area (Å²) in [5, 5.41) is 4.64. The maximum absolute atomic E-state index is 13.2. The summed E-state index contributed by atoms with van der Waals surface area (Å²) in [5.74, 6) is 0.0307. The minimum Gasteiger partial charge on any atom is -0.484 e. The molecule has 0 heterocycles. The van der Waals surface area contributed by atoms with Gasteiger partial charge in [-0.1, -0.05) is 53.7 Å². The summed E-state index contributed by atoms with van der Waals surface area (Å²) in [6.07, 6.45) is 4.15. The molecule has 1 unspecified atom stereocenters. The number of hydrogen-bond donors (Lipinski definition) is 1. The molecule has 3 rings (SSSR count). The number of carbonyl (C=O) groups is 2. The van der Waals surface area contributed by atoms with Gasteiger partial charge in [-0.3, -0.25) is 9.59 Å². The lowest BCUT2D eigenvalue weighted by Crippen LogP contribution is -2.50. The number of ether oxygens (including phenoxy) is 1. The van der Waals surface area contributed by atoms with E-state index >= 15 is 0 Å². The van der Waals surface area contributed by atoms with Crippen LogP contribution in [0.2, 0.25) is 15.1 Å². The van der Waals surface area contributed by atoms with Gasteiger partial charge in [0.1, 0.15) is 11.8 Å². The maximum atomic E-state index is 13.2. The van der Waals surface area contributed by atoms with Crippen molar-refractivity contribution in [2.75, 3.05) is 6.61 Å². The Morgan fingerprint density at radius 3 is 2.47 bits per heavy atom. The Bertz CT molecular complexity index is 977. The highest BCUT2D eigenvalue weighted by atomic mass is 35.5. The van der Waals surface area contributed by atoms with Crippen LogP contribution in [0, 0.1) is 6.92 Å². The molecule has 0 aliphatic heterocycles. The van der Waals surface area contributed by atoms with E-state index in [4.69, 9.17) is 39.5 Å². The summed E-state index contributed by atoms with van der Waals surface area (Å²) in [4.78, 5) is 27.6. The molecule has 0 bridgehead atoms. The molecule has 32 heavy (non-hydrogen) atoms. The van der Waals surface area contributed by atoms with E-state index in [1.807, 2.05) is 6.92 Å². The molecule has 1 fully saturated rings. The first-order chi connectivity index (χ1) is 15.2. The molecule has 0 saturated heterocycles. The molecule has 172 valence electrons. The molecule has 2 amide bonds. The number of hydrogen-bond acceptors (Lipinski definition) is 3. The molecular weight excluding hydrogens is 471 g/mol. The summed E-state index contributed by atoms with van der Waals surface area (Å²) >= 11 is 18.4. The Kier molecular flexibility index (Phi) is 8.69. The minimum absolute atomic E-state index is 0.161. The van der Waals surface area contributed by atoms with E-state index in [0.717, 1.165) is 31.2 Å². The van der Waals surface area contributed by atoms with Crippen molar-refractivity contribution in [2.45, 2.75) is 58.2 Å².